The van der Waals surface area contributed by atoms with E-state index in [0.29, 0.717) is 8.95 Å². The number of carbonyl (C=O) groups excluding carboxylic acids is 1. The van der Waals surface area contributed by atoms with Crippen molar-refractivity contribution in [1.29, 1.82) is 0 Å². The summed E-state index contributed by atoms with van der Waals surface area (Å²) in [5.74, 6) is -2.12. The summed E-state index contributed by atoms with van der Waals surface area (Å²) < 4.78 is 0.952. The van der Waals surface area contributed by atoms with E-state index >= 15 is 0 Å². The summed E-state index contributed by atoms with van der Waals surface area (Å²) in [6, 6.07) is 4.31. The molecule has 21 heavy (non-hydrogen) atoms. The predicted octanol–water partition coefficient (Wildman–Crippen LogP) is 3.26. The number of pyridine rings is 1. The highest BCUT2D eigenvalue weighted by Gasteiger charge is 2.19. The van der Waals surface area contributed by atoms with Crippen molar-refractivity contribution in [1.82, 2.24) is 4.98 Å². The molecule has 0 spiro atoms. The van der Waals surface area contributed by atoms with Crippen LogP contribution >= 0.6 is 31.9 Å². The van der Waals surface area contributed by atoms with E-state index in [0.717, 1.165) is 6.20 Å². The molecule has 1 heterocycles. The van der Waals surface area contributed by atoms with Gasteiger partial charge in [-0.25, -0.2) is 4.79 Å². The van der Waals surface area contributed by atoms with Gasteiger partial charge in [0.1, 0.15) is 5.75 Å². The molecule has 6 nitrogen and oxygen atoms in total. The van der Waals surface area contributed by atoms with E-state index in [-0.39, 0.29) is 22.6 Å². The fraction of sp³-hybridized carbons (Fsp3) is 0. The van der Waals surface area contributed by atoms with Crippen LogP contribution in [0.4, 0.5) is 5.69 Å². The van der Waals surface area contributed by atoms with Crippen LogP contribution in [-0.2, 0) is 0 Å². The number of hydrogen-bond donors (Lipinski definition) is 3. The zero-order valence-electron chi connectivity index (χ0n) is 10.3. The number of anilines is 1. The Kier molecular flexibility index (Phi) is 4.59. The summed E-state index contributed by atoms with van der Waals surface area (Å²) in [4.78, 5) is 27.1. The molecule has 108 valence electrons. The second-order valence-corrected chi connectivity index (χ2v) is 5.73. The maximum Gasteiger partial charge on any atom is 0.337 e. The molecule has 2 aromatic rings. The smallest absolute Gasteiger partial charge is 0.337 e. The molecule has 0 aliphatic rings. The van der Waals surface area contributed by atoms with E-state index in [4.69, 9.17) is 0 Å². The number of aromatic hydroxyl groups is 1. The van der Waals surface area contributed by atoms with Crippen molar-refractivity contribution in [2.24, 2.45) is 0 Å². The lowest BCUT2D eigenvalue weighted by molar-refractivity contribution is 0.0698. The molecule has 0 atom stereocenters. The number of halogens is 2. The first-order chi connectivity index (χ1) is 9.90. The highest BCUT2D eigenvalue weighted by atomic mass is 79.9. The second kappa shape index (κ2) is 6.23. The summed E-state index contributed by atoms with van der Waals surface area (Å²) in [5, 5.41) is 21.3. The Balaban J connectivity index is 2.42. The van der Waals surface area contributed by atoms with Crippen molar-refractivity contribution in [3.8, 4) is 5.75 Å². The van der Waals surface area contributed by atoms with Gasteiger partial charge >= 0.3 is 5.97 Å². The van der Waals surface area contributed by atoms with Crippen molar-refractivity contribution in [3.63, 3.8) is 0 Å². The zero-order valence-corrected chi connectivity index (χ0v) is 13.5. The molecule has 2 rings (SSSR count). The van der Waals surface area contributed by atoms with E-state index in [2.05, 4.69) is 42.2 Å². The molecule has 0 fully saturated rings. The molecule has 3 N–H and O–H groups in total. The fourth-order valence-electron chi connectivity index (χ4n) is 1.63. The fourth-order valence-corrected chi connectivity index (χ4v) is 2.95. The SMILES string of the molecule is O=C(Nc1c(Br)cc(Br)cc1C(=O)O)c1ccncc1O. The monoisotopic (exact) mass is 414 g/mol. The minimum absolute atomic E-state index is 0.00356. The molecule has 1 amide bonds. The van der Waals surface area contributed by atoms with Gasteiger partial charge in [-0.05, 0) is 34.1 Å². The minimum atomic E-state index is -1.19. The van der Waals surface area contributed by atoms with Crippen LogP contribution in [0.3, 0.4) is 0 Å². The number of aromatic nitrogens is 1. The Labute approximate surface area is 136 Å². The van der Waals surface area contributed by atoms with Crippen molar-refractivity contribution in [3.05, 3.63) is 50.7 Å². The quantitative estimate of drug-likeness (QED) is 0.714. The van der Waals surface area contributed by atoms with Gasteiger partial charge in [0.2, 0.25) is 0 Å². The molecule has 0 saturated heterocycles. The number of rotatable bonds is 3. The van der Waals surface area contributed by atoms with E-state index in [1.165, 1.54) is 18.3 Å². The standard InChI is InChI=1S/C13H8Br2N2O4/c14-6-3-8(13(20)21)11(9(15)4-6)17-12(19)7-1-2-16-5-10(7)18/h1-5,18H,(H,17,19)(H,20,21). The number of nitrogens with zero attached hydrogens (tertiary/aromatic N) is 1. The third-order valence-corrected chi connectivity index (χ3v) is 3.65. The van der Waals surface area contributed by atoms with E-state index < -0.39 is 11.9 Å². The number of carboxylic acids is 1. The lowest BCUT2D eigenvalue weighted by atomic mass is 10.1. The van der Waals surface area contributed by atoms with Crippen LogP contribution in [0.1, 0.15) is 20.7 Å². The number of carboxylic acid groups (broad SMARTS) is 1. The van der Waals surface area contributed by atoms with Gasteiger partial charge < -0.3 is 15.5 Å². The van der Waals surface area contributed by atoms with Gasteiger partial charge in [-0.15, -0.1) is 0 Å². The average Bonchev–Trinajstić information content (AvgIpc) is 2.41. The largest absolute Gasteiger partial charge is 0.505 e. The van der Waals surface area contributed by atoms with Gasteiger partial charge in [-0.3, -0.25) is 9.78 Å². The van der Waals surface area contributed by atoms with Gasteiger partial charge in [-0.1, -0.05) is 15.9 Å². The first-order valence-electron chi connectivity index (χ1n) is 5.57. The Morgan fingerprint density at radius 3 is 2.52 bits per heavy atom. The number of benzene rings is 1. The Morgan fingerprint density at radius 1 is 1.19 bits per heavy atom. The lowest BCUT2D eigenvalue weighted by Gasteiger charge is -2.12. The molecular weight excluding hydrogens is 408 g/mol. The number of nitrogens with one attached hydrogen (secondary N) is 1. The Morgan fingerprint density at radius 2 is 1.90 bits per heavy atom. The maximum absolute atomic E-state index is 12.1. The predicted molar refractivity (Wildman–Crippen MR) is 82.7 cm³/mol. The second-order valence-electron chi connectivity index (χ2n) is 3.96. The van der Waals surface area contributed by atoms with E-state index in [9.17, 15) is 19.8 Å². The third-order valence-electron chi connectivity index (χ3n) is 2.57. The lowest BCUT2D eigenvalue weighted by Crippen LogP contribution is -2.15. The summed E-state index contributed by atoms with van der Waals surface area (Å²) in [6.45, 7) is 0. The highest BCUT2D eigenvalue weighted by Crippen LogP contribution is 2.31. The molecule has 0 unspecified atom stereocenters. The summed E-state index contributed by atoms with van der Waals surface area (Å²) in [7, 11) is 0. The van der Waals surface area contributed by atoms with E-state index in [1.807, 2.05) is 0 Å². The summed E-state index contributed by atoms with van der Waals surface area (Å²) >= 11 is 6.39. The molecule has 0 radical (unpaired) electrons. The molecule has 1 aromatic carbocycles. The van der Waals surface area contributed by atoms with Crippen molar-refractivity contribution in [2.75, 3.05) is 5.32 Å². The van der Waals surface area contributed by atoms with Crippen molar-refractivity contribution < 1.29 is 19.8 Å². The Bertz CT molecular complexity index is 734. The third kappa shape index (κ3) is 3.40. The van der Waals surface area contributed by atoms with Gasteiger partial charge in [0.25, 0.3) is 5.91 Å². The summed E-state index contributed by atoms with van der Waals surface area (Å²) in [6.07, 6.45) is 2.48. The van der Waals surface area contributed by atoms with Crippen LogP contribution in [0.25, 0.3) is 0 Å². The number of hydrogen-bond acceptors (Lipinski definition) is 4. The van der Waals surface area contributed by atoms with Crippen LogP contribution < -0.4 is 5.32 Å². The van der Waals surface area contributed by atoms with Crippen molar-refractivity contribution in [2.45, 2.75) is 0 Å². The summed E-state index contributed by atoms with van der Waals surface area (Å²) in [5.41, 5.74) is 0.0150. The van der Waals surface area contributed by atoms with Crippen LogP contribution in [0.5, 0.6) is 5.75 Å². The Hall–Kier alpha value is -1.93. The first-order valence-corrected chi connectivity index (χ1v) is 7.15. The van der Waals surface area contributed by atoms with Crippen molar-refractivity contribution >= 4 is 49.4 Å². The molecule has 8 heteroatoms. The molecule has 0 saturated carbocycles. The van der Waals surface area contributed by atoms with Gasteiger partial charge in [-0.2, -0.15) is 0 Å². The molecule has 1 aromatic heterocycles. The molecule has 0 aliphatic carbocycles. The van der Waals surface area contributed by atoms with E-state index in [1.54, 1.807) is 6.07 Å². The van der Waals surface area contributed by atoms with Gasteiger partial charge in [0, 0.05) is 15.1 Å². The first kappa shape index (κ1) is 15.5. The normalized spacial score (nSPS) is 10.2. The number of carbonyl (C=O) groups is 2. The maximum atomic E-state index is 12.1. The van der Waals surface area contributed by atoms with Crippen LogP contribution in [0.2, 0.25) is 0 Å². The zero-order chi connectivity index (χ0) is 15.6. The molecule has 0 aliphatic heterocycles. The van der Waals surface area contributed by atoms with Gasteiger partial charge in [0.15, 0.2) is 0 Å². The topological polar surface area (TPSA) is 99.5 Å². The average molecular weight is 416 g/mol. The molecular formula is C13H8Br2N2O4. The van der Waals surface area contributed by atoms with Crippen LogP contribution in [-0.4, -0.2) is 27.1 Å². The highest BCUT2D eigenvalue weighted by molar-refractivity contribution is 9.11. The van der Waals surface area contributed by atoms with Gasteiger partial charge in [0.05, 0.1) is 23.0 Å². The van der Waals surface area contributed by atoms with Crippen LogP contribution in [0.15, 0.2) is 39.5 Å². The molecule has 0 bridgehead atoms. The number of aromatic carboxylic acids is 1. The number of amides is 1. The van der Waals surface area contributed by atoms with Crippen LogP contribution in [0, 0.1) is 0 Å². The minimum Gasteiger partial charge on any atom is -0.505 e.